The average Bonchev–Trinajstić information content (AvgIpc) is 3.17. The molecule has 1 saturated carbocycles. The second kappa shape index (κ2) is 6.41. The van der Waals surface area contributed by atoms with E-state index < -0.39 is 0 Å². The molecule has 2 aromatic rings. The van der Waals surface area contributed by atoms with E-state index in [9.17, 15) is 0 Å². The Morgan fingerprint density at radius 1 is 1.33 bits per heavy atom. The number of hydrogen-bond donors (Lipinski definition) is 1. The smallest absolute Gasteiger partial charge is 0.283 e. The maximum absolute atomic E-state index is 5.90. The van der Waals surface area contributed by atoms with Crippen LogP contribution in [0, 0.1) is 5.92 Å². The third kappa shape index (κ3) is 3.16. The molecule has 1 aliphatic carbocycles. The maximum Gasteiger partial charge on any atom is 0.283 e. The van der Waals surface area contributed by atoms with Gasteiger partial charge in [-0.05, 0) is 44.5 Å². The third-order valence-electron chi connectivity index (χ3n) is 4.32. The van der Waals surface area contributed by atoms with Crippen LogP contribution >= 0.6 is 0 Å². The highest BCUT2D eigenvalue weighted by Crippen LogP contribution is 2.28. The van der Waals surface area contributed by atoms with Crippen molar-refractivity contribution in [1.29, 1.82) is 0 Å². The number of rotatable bonds is 5. The average molecular weight is 290 g/mol. The molecule has 2 atom stereocenters. The van der Waals surface area contributed by atoms with E-state index in [0.29, 0.717) is 36.0 Å². The Hall–Kier alpha value is -1.66. The van der Waals surface area contributed by atoms with Gasteiger partial charge >= 0.3 is 0 Å². The number of hydrogen-bond acceptors (Lipinski definition) is 6. The van der Waals surface area contributed by atoms with Crippen LogP contribution in [-0.4, -0.2) is 34.7 Å². The molecule has 6 heteroatoms. The van der Waals surface area contributed by atoms with Crippen LogP contribution in [-0.2, 0) is 6.54 Å². The predicted octanol–water partition coefficient (Wildman–Crippen LogP) is 2.28. The van der Waals surface area contributed by atoms with Crippen LogP contribution < -0.4 is 5.73 Å². The summed E-state index contributed by atoms with van der Waals surface area (Å²) in [6, 6.07) is 4.12. The summed E-state index contributed by atoms with van der Waals surface area (Å²) in [4.78, 5) is 2.29. The largest absolute Gasteiger partial charge is 0.459 e. The van der Waals surface area contributed by atoms with Gasteiger partial charge in [0, 0.05) is 6.04 Å². The van der Waals surface area contributed by atoms with E-state index in [1.54, 1.807) is 12.3 Å². The zero-order chi connectivity index (χ0) is 14.7. The SMILES string of the molecule is CN(Cc1nnc(-c2ccco2)o1)C1CCCCC1CN. The van der Waals surface area contributed by atoms with Gasteiger partial charge in [-0.25, -0.2) is 0 Å². The van der Waals surface area contributed by atoms with Crippen molar-refractivity contribution < 1.29 is 8.83 Å². The molecule has 0 spiro atoms. The molecule has 2 aromatic heterocycles. The Balaban J connectivity index is 1.65. The van der Waals surface area contributed by atoms with Crippen LogP contribution in [0.25, 0.3) is 11.7 Å². The van der Waals surface area contributed by atoms with Gasteiger partial charge in [0.15, 0.2) is 5.76 Å². The van der Waals surface area contributed by atoms with Crippen LogP contribution in [0.4, 0.5) is 0 Å². The maximum atomic E-state index is 5.90. The molecule has 114 valence electrons. The van der Waals surface area contributed by atoms with Gasteiger partial charge in [0.2, 0.25) is 5.89 Å². The third-order valence-corrected chi connectivity index (χ3v) is 4.32. The first-order valence-electron chi connectivity index (χ1n) is 7.54. The quantitative estimate of drug-likeness (QED) is 0.909. The molecule has 0 amide bonds. The molecule has 0 saturated heterocycles. The van der Waals surface area contributed by atoms with Crippen molar-refractivity contribution in [2.45, 2.75) is 38.3 Å². The summed E-state index contributed by atoms with van der Waals surface area (Å²) in [6.07, 6.45) is 6.56. The Morgan fingerprint density at radius 2 is 2.19 bits per heavy atom. The highest BCUT2D eigenvalue weighted by Gasteiger charge is 2.28. The molecule has 6 nitrogen and oxygen atoms in total. The summed E-state index contributed by atoms with van der Waals surface area (Å²) in [6.45, 7) is 1.39. The molecule has 3 rings (SSSR count). The Kier molecular flexibility index (Phi) is 4.36. The normalized spacial score (nSPS) is 22.8. The summed E-state index contributed by atoms with van der Waals surface area (Å²) in [5, 5.41) is 8.14. The van der Waals surface area contributed by atoms with E-state index >= 15 is 0 Å². The van der Waals surface area contributed by atoms with Gasteiger partial charge in [0.05, 0.1) is 12.8 Å². The minimum absolute atomic E-state index is 0.433. The second-order valence-corrected chi connectivity index (χ2v) is 5.74. The first kappa shape index (κ1) is 14.3. The summed E-state index contributed by atoms with van der Waals surface area (Å²) in [7, 11) is 2.11. The summed E-state index contributed by atoms with van der Waals surface area (Å²) >= 11 is 0. The Bertz CT molecular complexity index is 552. The van der Waals surface area contributed by atoms with Crippen LogP contribution in [0.5, 0.6) is 0 Å². The summed E-state index contributed by atoms with van der Waals surface area (Å²) in [5.74, 6) is 2.22. The molecule has 0 bridgehead atoms. The van der Waals surface area contributed by atoms with Crippen molar-refractivity contribution in [2.24, 2.45) is 11.7 Å². The molecule has 0 radical (unpaired) electrons. The van der Waals surface area contributed by atoms with Gasteiger partial charge in [0.25, 0.3) is 5.89 Å². The number of furan rings is 1. The fourth-order valence-electron chi connectivity index (χ4n) is 3.19. The van der Waals surface area contributed by atoms with Crippen LogP contribution in [0.1, 0.15) is 31.6 Å². The van der Waals surface area contributed by atoms with E-state index in [1.165, 1.54) is 25.7 Å². The van der Waals surface area contributed by atoms with Crippen molar-refractivity contribution in [3.8, 4) is 11.7 Å². The van der Waals surface area contributed by atoms with Gasteiger partial charge in [-0.2, -0.15) is 0 Å². The molecule has 2 heterocycles. The lowest BCUT2D eigenvalue weighted by Gasteiger charge is -2.36. The number of nitrogens with zero attached hydrogens (tertiary/aromatic N) is 3. The second-order valence-electron chi connectivity index (χ2n) is 5.74. The monoisotopic (exact) mass is 290 g/mol. The van der Waals surface area contributed by atoms with Crippen molar-refractivity contribution in [2.75, 3.05) is 13.6 Å². The molecule has 2 unspecified atom stereocenters. The standard InChI is InChI=1S/C15H22N4O2/c1-19(12-6-3-2-5-11(12)9-16)10-14-17-18-15(21-14)13-7-4-8-20-13/h4,7-8,11-12H,2-3,5-6,9-10,16H2,1H3. The molecular weight excluding hydrogens is 268 g/mol. The van der Waals surface area contributed by atoms with Crippen LogP contribution in [0.15, 0.2) is 27.2 Å². The lowest BCUT2D eigenvalue weighted by Crippen LogP contribution is -2.42. The topological polar surface area (TPSA) is 81.3 Å². The van der Waals surface area contributed by atoms with Crippen molar-refractivity contribution in [1.82, 2.24) is 15.1 Å². The first-order valence-corrected chi connectivity index (χ1v) is 7.54. The van der Waals surface area contributed by atoms with E-state index in [1.807, 2.05) is 6.07 Å². The van der Waals surface area contributed by atoms with Crippen molar-refractivity contribution in [3.05, 3.63) is 24.3 Å². The van der Waals surface area contributed by atoms with E-state index in [0.717, 1.165) is 6.54 Å². The van der Waals surface area contributed by atoms with Crippen molar-refractivity contribution in [3.63, 3.8) is 0 Å². The molecule has 0 aromatic carbocycles. The lowest BCUT2D eigenvalue weighted by atomic mass is 9.84. The fourth-order valence-corrected chi connectivity index (χ4v) is 3.19. The minimum atomic E-state index is 0.433. The van der Waals surface area contributed by atoms with Gasteiger partial charge in [0.1, 0.15) is 0 Å². The Morgan fingerprint density at radius 3 is 2.95 bits per heavy atom. The zero-order valence-corrected chi connectivity index (χ0v) is 12.4. The van der Waals surface area contributed by atoms with Crippen molar-refractivity contribution >= 4 is 0 Å². The molecular formula is C15H22N4O2. The van der Waals surface area contributed by atoms with Crippen LogP contribution in [0.3, 0.4) is 0 Å². The Labute approximate surface area is 124 Å². The minimum Gasteiger partial charge on any atom is -0.459 e. The molecule has 2 N–H and O–H groups in total. The van der Waals surface area contributed by atoms with Gasteiger partial charge in [-0.3, -0.25) is 4.90 Å². The van der Waals surface area contributed by atoms with Gasteiger partial charge in [-0.15, -0.1) is 10.2 Å². The van der Waals surface area contributed by atoms with Gasteiger partial charge < -0.3 is 14.6 Å². The van der Waals surface area contributed by atoms with E-state index in [4.69, 9.17) is 14.6 Å². The highest BCUT2D eigenvalue weighted by molar-refractivity contribution is 5.42. The zero-order valence-electron chi connectivity index (χ0n) is 12.4. The number of aromatic nitrogens is 2. The fraction of sp³-hybridized carbons (Fsp3) is 0.600. The molecule has 0 aliphatic heterocycles. The number of nitrogens with two attached hydrogens (primary N) is 1. The van der Waals surface area contributed by atoms with Crippen LogP contribution in [0.2, 0.25) is 0 Å². The lowest BCUT2D eigenvalue weighted by molar-refractivity contribution is 0.118. The molecule has 1 fully saturated rings. The van der Waals surface area contributed by atoms with E-state index in [-0.39, 0.29) is 0 Å². The summed E-state index contributed by atoms with van der Waals surface area (Å²) < 4.78 is 10.9. The molecule has 1 aliphatic rings. The van der Waals surface area contributed by atoms with Gasteiger partial charge in [-0.1, -0.05) is 12.8 Å². The molecule has 21 heavy (non-hydrogen) atoms. The predicted molar refractivity (Wildman–Crippen MR) is 78.3 cm³/mol. The van der Waals surface area contributed by atoms with E-state index in [2.05, 4.69) is 22.1 Å². The summed E-state index contributed by atoms with van der Waals surface area (Å²) in [5.41, 5.74) is 5.90. The first-order chi connectivity index (χ1) is 10.3. The highest BCUT2D eigenvalue weighted by atomic mass is 16.4.